The van der Waals surface area contributed by atoms with Gasteiger partial charge in [-0.25, -0.2) is 8.78 Å². The van der Waals surface area contributed by atoms with Gasteiger partial charge in [-0.1, -0.05) is 75.4 Å². The van der Waals surface area contributed by atoms with Crippen LogP contribution in [0.3, 0.4) is 0 Å². The maximum Gasteiger partial charge on any atom is 0.306 e. The van der Waals surface area contributed by atoms with Crippen LogP contribution in [-0.4, -0.2) is 48.4 Å². The summed E-state index contributed by atoms with van der Waals surface area (Å²) in [6, 6.07) is 32.2. The molecule has 0 saturated heterocycles. The highest BCUT2D eigenvalue weighted by Gasteiger charge is 2.66. The number of carbonyl (C=O) groups is 5. The Labute approximate surface area is 350 Å². The molecule has 0 aliphatic heterocycles. The molecule has 0 amide bonds. The van der Waals surface area contributed by atoms with Gasteiger partial charge in [0.15, 0.2) is 21.3 Å². The van der Waals surface area contributed by atoms with Crippen molar-refractivity contribution in [3.8, 4) is 0 Å². The van der Waals surface area contributed by atoms with E-state index in [1.165, 1.54) is 14.7 Å². The molecular weight excluding hydrogens is 771 g/mol. The molecular formula is C49H59F2O7S+. The van der Waals surface area contributed by atoms with Crippen molar-refractivity contribution in [1.29, 1.82) is 0 Å². The molecule has 8 atom stereocenters. The second-order valence-electron chi connectivity index (χ2n) is 17.8. The molecule has 0 aromatic heterocycles. The van der Waals surface area contributed by atoms with Crippen LogP contribution in [0.25, 0.3) is 0 Å². The smallest absolute Gasteiger partial charge is 0.306 e. The van der Waals surface area contributed by atoms with E-state index in [1.54, 1.807) is 0 Å². The normalized spacial score (nSPS) is 28.1. The SMILES string of the molecule is CC(CCC(=O)OCCCC(=O)OCC(C)(F)F)[C@H]1CC[C@H]2[C@@H]3C(=O)C[C@@H]4CC(=O)CC[C@]4(C)[C@H]3CC(=O)[C@]12C.c1ccc([S+](c2ccccc2)c2ccccc2)cc1. The summed E-state index contributed by atoms with van der Waals surface area (Å²) in [5, 5.41) is 0. The monoisotopic (exact) mass is 829 g/mol. The number of alkyl halides is 2. The first kappa shape index (κ1) is 44.4. The van der Waals surface area contributed by atoms with Crippen LogP contribution in [0, 0.1) is 46.3 Å². The highest BCUT2D eigenvalue weighted by molar-refractivity contribution is 7.97. The van der Waals surface area contributed by atoms with Gasteiger partial charge in [0, 0.05) is 56.8 Å². The Morgan fingerprint density at radius 1 is 0.780 bits per heavy atom. The zero-order valence-electron chi connectivity index (χ0n) is 34.8. The Hall–Kier alpha value is -4.18. The molecule has 4 aliphatic carbocycles. The van der Waals surface area contributed by atoms with Crippen LogP contribution >= 0.6 is 0 Å². The first-order chi connectivity index (χ1) is 28.1. The van der Waals surface area contributed by atoms with Gasteiger partial charge in [-0.2, -0.15) is 0 Å². The van der Waals surface area contributed by atoms with Crippen LogP contribution in [0.2, 0.25) is 0 Å². The van der Waals surface area contributed by atoms with E-state index < -0.39 is 29.9 Å². The molecule has 0 N–H and O–H groups in total. The minimum absolute atomic E-state index is 0.00305. The summed E-state index contributed by atoms with van der Waals surface area (Å²) in [5.41, 5.74) is -0.738. The van der Waals surface area contributed by atoms with Gasteiger partial charge in [0.1, 0.15) is 17.3 Å². The number of hydrogen-bond donors (Lipinski definition) is 0. The molecule has 0 spiro atoms. The Morgan fingerprint density at radius 3 is 1.90 bits per heavy atom. The number of halogens is 2. The van der Waals surface area contributed by atoms with E-state index in [9.17, 15) is 32.8 Å². The van der Waals surface area contributed by atoms with Crippen LogP contribution < -0.4 is 0 Å². The summed E-state index contributed by atoms with van der Waals surface area (Å²) in [7, 11) is -0.0146. The molecule has 0 bridgehead atoms. The fourth-order valence-corrected chi connectivity index (χ4v) is 12.9. The molecule has 4 saturated carbocycles. The number of fused-ring (bicyclic) bond motifs is 5. The summed E-state index contributed by atoms with van der Waals surface area (Å²) in [5.74, 6) is -3.44. The van der Waals surface area contributed by atoms with Crippen molar-refractivity contribution in [2.24, 2.45) is 46.3 Å². The average Bonchev–Trinajstić information content (AvgIpc) is 3.58. The second kappa shape index (κ2) is 19.0. The predicted molar refractivity (Wildman–Crippen MR) is 223 cm³/mol. The fraction of sp³-hybridized carbons (Fsp3) is 0.531. The first-order valence-electron chi connectivity index (χ1n) is 21.3. The van der Waals surface area contributed by atoms with Crippen molar-refractivity contribution >= 4 is 40.2 Å². The number of ketones is 3. The van der Waals surface area contributed by atoms with E-state index in [2.05, 4.69) is 110 Å². The Balaban J connectivity index is 0.000000255. The molecule has 0 heterocycles. The van der Waals surface area contributed by atoms with Crippen molar-refractivity contribution in [3.05, 3.63) is 91.0 Å². The van der Waals surface area contributed by atoms with Gasteiger partial charge in [0.05, 0.1) is 17.5 Å². The minimum atomic E-state index is -3.08. The summed E-state index contributed by atoms with van der Waals surface area (Å²) in [4.78, 5) is 67.5. The number of carbonyl (C=O) groups excluding carboxylic acids is 5. The van der Waals surface area contributed by atoms with Gasteiger partial charge in [-0.3, -0.25) is 24.0 Å². The molecule has 10 heteroatoms. The molecule has 4 aliphatic rings. The molecule has 316 valence electrons. The van der Waals surface area contributed by atoms with Crippen LogP contribution in [0.1, 0.15) is 98.3 Å². The Bertz CT molecular complexity index is 1840. The quantitative estimate of drug-likeness (QED) is 0.0960. The van der Waals surface area contributed by atoms with Crippen molar-refractivity contribution in [1.82, 2.24) is 0 Å². The third kappa shape index (κ3) is 10.2. The molecule has 7 rings (SSSR count). The Morgan fingerprint density at radius 2 is 1.34 bits per heavy atom. The summed E-state index contributed by atoms with van der Waals surface area (Å²) < 4.78 is 35.2. The largest absolute Gasteiger partial charge is 0.466 e. The zero-order chi connectivity index (χ0) is 42.4. The van der Waals surface area contributed by atoms with Gasteiger partial charge in [-0.05, 0) is 104 Å². The standard InChI is InChI=1S/C31H44F2O7.C18H15S/c1-18(7-10-27(38)39-13-5-6-26(37)40-17-30(3,32)33)21-8-9-22-28-23(16-25(36)31(21,22)4)29(2)12-11-20(34)14-19(29)15-24(28)35;1-4-10-16(11-5-1)19(17-12-6-2-7-13-17)18-14-8-3-9-15-18/h18-19,21-23,28H,5-17H2,1-4H3;1-15H/q;+1/t18?,19-,21+,22-,23-,28-,29-,31+;/m0./s1. The lowest BCUT2D eigenvalue weighted by Crippen LogP contribution is -2.60. The molecule has 3 aromatic rings. The molecule has 59 heavy (non-hydrogen) atoms. The molecule has 7 nitrogen and oxygen atoms in total. The number of ether oxygens (including phenoxy) is 2. The van der Waals surface area contributed by atoms with Crippen LogP contribution in [0.5, 0.6) is 0 Å². The molecule has 1 unspecified atom stereocenters. The van der Waals surface area contributed by atoms with Gasteiger partial charge < -0.3 is 9.47 Å². The van der Waals surface area contributed by atoms with E-state index in [1.807, 2.05) is 6.92 Å². The van der Waals surface area contributed by atoms with Crippen LogP contribution in [0.4, 0.5) is 8.78 Å². The number of hydrogen-bond acceptors (Lipinski definition) is 7. The third-order valence-corrected chi connectivity index (χ3v) is 16.2. The molecule has 0 radical (unpaired) electrons. The van der Waals surface area contributed by atoms with Gasteiger partial charge in [-0.15, -0.1) is 0 Å². The van der Waals surface area contributed by atoms with Crippen LogP contribution in [-0.2, 0) is 44.3 Å². The number of Topliss-reactive ketones (excluding diaryl/α,β-unsaturated/α-hetero) is 3. The molecule has 4 fully saturated rings. The second-order valence-corrected chi connectivity index (χ2v) is 19.8. The van der Waals surface area contributed by atoms with E-state index in [0.29, 0.717) is 39.0 Å². The van der Waals surface area contributed by atoms with E-state index >= 15 is 0 Å². The third-order valence-electron chi connectivity index (χ3n) is 13.9. The van der Waals surface area contributed by atoms with E-state index in [0.717, 1.165) is 19.3 Å². The topological polar surface area (TPSA) is 104 Å². The lowest BCUT2D eigenvalue weighted by atomic mass is 9.44. The number of benzene rings is 3. The number of rotatable bonds is 13. The minimum Gasteiger partial charge on any atom is -0.466 e. The number of esters is 2. The van der Waals surface area contributed by atoms with Gasteiger partial charge in [0.2, 0.25) is 0 Å². The molecule has 3 aromatic carbocycles. The first-order valence-corrected chi connectivity index (χ1v) is 22.5. The van der Waals surface area contributed by atoms with Crippen LogP contribution in [0.15, 0.2) is 106 Å². The summed E-state index contributed by atoms with van der Waals surface area (Å²) in [6.07, 6.45) is 5.08. The summed E-state index contributed by atoms with van der Waals surface area (Å²) in [6.45, 7) is 6.02. The van der Waals surface area contributed by atoms with Gasteiger partial charge in [0.25, 0.3) is 5.92 Å². The maximum absolute atomic E-state index is 13.9. The highest BCUT2D eigenvalue weighted by Crippen LogP contribution is 2.66. The van der Waals surface area contributed by atoms with Crippen molar-refractivity contribution in [2.45, 2.75) is 119 Å². The lowest BCUT2D eigenvalue weighted by molar-refractivity contribution is -0.166. The van der Waals surface area contributed by atoms with Crippen molar-refractivity contribution in [3.63, 3.8) is 0 Å². The lowest BCUT2D eigenvalue weighted by Gasteiger charge is -2.58. The van der Waals surface area contributed by atoms with E-state index in [-0.39, 0.29) is 95.0 Å². The predicted octanol–water partition coefficient (Wildman–Crippen LogP) is 10.3. The summed E-state index contributed by atoms with van der Waals surface area (Å²) >= 11 is 0. The van der Waals surface area contributed by atoms with Gasteiger partial charge >= 0.3 is 11.9 Å². The van der Waals surface area contributed by atoms with Crippen molar-refractivity contribution in [2.75, 3.05) is 13.2 Å². The highest BCUT2D eigenvalue weighted by atomic mass is 32.2. The maximum atomic E-state index is 13.9. The van der Waals surface area contributed by atoms with E-state index in [4.69, 9.17) is 4.74 Å². The fourth-order valence-electron chi connectivity index (χ4n) is 10.8. The zero-order valence-corrected chi connectivity index (χ0v) is 35.7. The average molecular weight is 830 g/mol. The van der Waals surface area contributed by atoms with Crippen molar-refractivity contribution < 1.29 is 42.2 Å². The Kier molecular flexibility index (Phi) is 14.3.